The SMILES string of the molecule is Cc1ccc(C(C)NCCNC(=O)C2CC2)s1. The van der Waals surface area contributed by atoms with Crippen molar-refractivity contribution in [2.75, 3.05) is 13.1 Å². The lowest BCUT2D eigenvalue weighted by atomic mass is 10.2. The van der Waals surface area contributed by atoms with Gasteiger partial charge in [-0.3, -0.25) is 4.79 Å². The van der Waals surface area contributed by atoms with E-state index in [0.717, 1.165) is 25.9 Å². The molecule has 1 atom stereocenters. The highest BCUT2D eigenvalue weighted by molar-refractivity contribution is 7.12. The van der Waals surface area contributed by atoms with Gasteiger partial charge in [-0.15, -0.1) is 11.3 Å². The molecule has 1 aliphatic rings. The third-order valence-corrected chi connectivity index (χ3v) is 4.19. The second kappa shape index (κ2) is 5.65. The van der Waals surface area contributed by atoms with Crippen LogP contribution >= 0.6 is 11.3 Å². The zero-order chi connectivity index (χ0) is 12.3. The Morgan fingerprint density at radius 1 is 1.47 bits per heavy atom. The minimum atomic E-state index is 0.228. The highest BCUT2D eigenvalue weighted by Gasteiger charge is 2.28. The molecule has 1 heterocycles. The number of nitrogens with one attached hydrogen (secondary N) is 2. The summed E-state index contributed by atoms with van der Waals surface area (Å²) in [5, 5.41) is 6.38. The van der Waals surface area contributed by atoms with Crippen molar-refractivity contribution in [2.24, 2.45) is 5.92 Å². The van der Waals surface area contributed by atoms with Gasteiger partial charge >= 0.3 is 0 Å². The number of rotatable bonds is 6. The molecule has 94 valence electrons. The molecule has 3 nitrogen and oxygen atoms in total. The van der Waals surface area contributed by atoms with Gasteiger partial charge in [0.25, 0.3) is 0 Å². The Balaban J connectivity index is 1.62. The third-order valence-electron chi connectivity index (χ3n) is 3.01. The maximum absolute atomic E-state index is 11.4. The van der Waals surface area contributed by atoms with Gasteiger partial charge in [0.2, 0.25) is 5.91 Å². The van der Waals surface area contributed by atoms with Crippen LogP contribution in [-0.2, 0) is 4.79 Å². The van der Waals surface area contributed by atoms with E-state index in [9.17, 15) is 4.79 Å². The van der Waals surface area contributed by atoms with E-state index in [0.29, 0.717) is 12.0 Å². The molecule has 0 bridgehead atoms. The second-order valence-electron chi connectivity index (χ2n) is 4.69. The molecule has 1 aromatic heterocycles. The Bertz CT molecular complexity index is 385. The summed E-state index contributed by atoms with van der Waals surface area (Å²) in [4.78, 5) is 14.1. The summed E-state index contributed by atoms with van der Waals surface area (Å²) < 4.78 is 0. The summed E-state index contributed by atoms with van der Waals surface area (Å²) in [7, 11) is 0. The highest BCUT2D eigenvalue weighted by Crippen LogP contribution is 2.28. The number of hydrogen-bond acceptors (Lipinski definition) is 3. The molecule has 0 radical (unpaired) electrons. The lowest BCUT2D eigenvalue weighted by molar-refractivity contribution is -0.122. The number of hydrogen-bond donors (Lipinski definition) is 2. The zero-order valence-electron chi connectivity index (χ0n) is 10.5. The Kier molecular flexibility index (Phi) is 4.18. The lowest BCUT2D eigenvalue weighted by Crippen LogP contribution is -2.33. The molecule has 1 aromatic rings. The Hall–Kier alpha value is -0.870. The molecule has 2 N–H and O–H groups in total. The first kappa shape index (κ1) is 12.6. The maximum atomic E-state index is 11.4. The van der Waals surface area contributed by atoms with Crippen LogP contribution in [0, 0.1) is 12.8 Å². The largest absolute Gasteiger partial charge is 0.355 e. The summed E-state index contributed by atoms with van der Waals surface area (Å²) >= 11 is 1.83. The second-order valence-corrected chi connectivity index (χ2v) is 6.01. The monoisotopic (exact) mass is 252 g/mol. The van der Waals surface area contributed by atoms with Crippen molar-refractivity contribution in [1.29, 1.82) is 0 Å². The van der Waals surface area contributed by atoms with Gasteiger partial charge in [-0.05, 0) is 38.8 Å². The van der Waals surface area contributed by atoms with Crippen LogP contribution in [0.15, 0.2) is 12.1 Å². The molecule has 1 unspecified atom stereocenters. The number of aryl methyl sites for hydroxylation is 1. The van der Waals surface area contributed by atoms with Crippen molar-refractivity contribution >= 4 is 17.2 Å². The predicted molar refractivity (Wildman–Crippen MR) is 71.2 cm³/mol. The third kappa shape index (κ3) is 3.82. The van der Waals surface area contributed by atoms with Crippen molar-refractivity contribution in [1.82, 2.24) is 10.6 Å². The van der Waals surface area contributed by atoms with Crippen molar-refractivity contribution in [3.63, 3.8) is 0 Å². The van der Waals surface area contributed by atoms with E-state index in [2.05, 4.69) is 36.6 Å². The molecule has 0 aromatic carbocycles. The van der Waals surface area contributed by atoms with Gasteiger partial charge in [0.15, 0.2) is 0 Å². The fourth-order valence-electron chi connectivity index (χ4n) is 1.75. The van der Waals surface area contributed by atoms with Gasteiger partial charge in [-0.2, -0.15) is 0 Å². The van der Waals surface area contributed by atoms with Crippen molar-refractivity contribution in [3.8, 4) is 0 Å². The minimum absolute atomic E-state index is 0.228. The number of carbonyl (C=O) groups excluding carboxylic acids is 1. The van der Waals surface area contributed by atoms with Crippen LogP contribution in [0.1, 0.15) is 35.6 Å². The van der Waals surface area contributed by atoms with Crippen LogP contribution in [0.4, 0.5) is 0 Å². The first-order valence-corrected chi connectivity index (χ1v) is 7.06. The average Bonchev–Trinajstić information content (AvgIpc) is 3.07. The van der Waals surface area contributed by atoms with E-state index >= 15 is 0 Å². The molecule has 1 amide bonds. The van der Waals surface area contributed by atoms with Gasteiger partial charge in [0.1, 0.15) is 0 Å². The van der Waals surface area contributed by atoms with E-state index in [-0.39, 0.29) is 5.91 Å². The standard InChI is InChI=1S/C13H20N2OS/c1-9-3-6-12(17-9)10(2)14-7-8-15-13(16)11-4-5-11/h3,6,10-11,14H,4-5,7-8H2,1-2H3,(H,15,16). The van der Waals surface area contributed by atoms with Crippen LogP contribution in [0.3, 0.4) is 0 Å². The quantitative estimate of drug-likeness (QED) is 0.762. The lowest BCUT2D eigenvalue weighted by Gasteiger charge is -2.12. The van der Waals surface area contributed by atoms with E-state index in [4.69, 9.17) is 0 Å². The Morgan fingerprint density at radius 3 is 2.82 bits per heavy atom. The van der Waals surface area contributed by atoms with E-state index in [1.807, 2.05) is 11.3 Å². The number of amides is 1. The fraction of sp³-hybridized carbons (Fsp3) is 0.615. The molecule has 17 heavy (non-hydrogen) atoms. The minimum Gasteiger partial charge on any atom is -0.355 e. The predicted octanol–water partition coefficient (Wildman–Crippen LogP) is 2.23. The van der Waals surface area contributed by atoms with Gasteiger partial charge < -0.3 is 10.6 Å². The van der Waals surface area contributed by atoms with Crippen LogP contribution < -0.4 is 10.6 Å². The van der Waals surface area contributed by atoms with Crippen LogP contribution in [0.25, 0.3) is 0 Å². The van der Waals surface area contributed by atoms with E-state index < -0.39 is 0 Å². The maximum Gasteiger partial charge on any atom is 0.223 e. The summed E-state index contributed by atoms with van der Waals surface area (Å²) in [6.07, 6.45) is 2.15. The highest BCUT2D eigenvalue weighted by atomic mass is 32.1. The van der Waals surface area contributed by atoms with Gasteiger partial charge in [-0.1, -0.05) is 0 Å². The smallest absolute Gasteiger partial charge is 0.223 e. The van der Waals surface area contributed by atoms with Crippen molar-refractivity contribution in [2.45, 2.75) is 32.7 Å². The number of thiophene rings is 1. The topological polar surface area (TPSA) is 41.1 Å². The normalized spacial score (nSPS) is 16.8. The van der Waals surface area contributed by atoms with E-state index in [1.54, 1.807) is 0 Å². The molecular weight excluding hydrogens is 232 g/mol. The fourth-order valence-corrected chi connectivity index (χ4v) is 2.66. The summed E-state index contributed by atoms with van der Waals surface area (Å²) in [5.41, 5.74) is 0. The van der Waals surface area contributed by atoms with Gasteiger partial charge in [0, 0.05) is 34.8 Å². The van der Waals surface area contributed by atoms with E-state index in [1.165, 1.54) is 9.75 Å². The van der Waals surface area contributed by atoms with Gasteiger partial charge in [0.05, 0.1) is 0 Å². The molecule has 1 saturated carbocycles. The summed E-state index contributed by atoms with van der Waals surface area (Å²) in [5.74, 6) is 0.541. The van der Waals surface area contributed by atoms with Crippen molar-refractivity contribution < 1.29 is 4.79 Å². The summed E-state index contributed by atoms with van der Waals surface area (Å²) in [6.45, 7) is 5.84. The first-order valence-electron chi connectivity index (χ1n) is 6.24. The molecule has 1 aliphatic carbocycles. The molecular formula is C13H20N2OS. The average molecular weight is 252 g/mol. The molecule has 0 spiro atoms. The van der Waals surface area contributed by atoms with Crippen LogP contribution in [0.5, 0.6) is 0 Å². The summed E-state index contributed by atoms with van der Waals surface area (Å²) in [6, 6.07) is 4.68. The molecule has 1 fully saturated rings. The Morgan fingerprint density at radius 2 is 2.24 bits per heavy atom. The number of carbonyl (C=O) groups is 1. The van der Waals surface area contributed by atoms with Crippen LogP contribution in [0.2, 0.25) is 0 Å². The molecule has 4 heteroatoms. The molecule has 0 saturated heterocycles. The first-order chi connectivity index (χ1) is 8.16. The molecule has 0 aliphatic heterocycles. The van der Waals surface area contributed by atoms with Crippen molar-refractivity contribution in [3.05, 3.63) is 21.9 Å². The van der Waals surface area contributed by atoms with Crippen LogP contribution in [-0.4, -0.2) is 19.0 Å². The van der Waals surface area contributed by atoms with Gasteiger partial charge in [-0.25, -0.2) is 0 Å². The molecule has 2 rings (SSSR count). The zero-order valence-corrected chi connectivity index (χ0v) is 11.3. The Labute approximate surface area is 107 Å².